The smallest absolute Gasteiger partial charge is 0.352 e. The van der Waals surface area contributed by atoms with E-state index in [0.29, 0.717) is 5.56 Å². The van der Waals surface area contributed by atoms with E-state index in [9.17, 15) is 26.4 Å². The molecule has 0 fully saturated rings. The van der Waals surface area contributed by atoms with Gasteiger partial charge in [-0.15, -0.1) is 0 Å². The average molecular weight is 330 g/mol. The Bertz CT molecular complexity index is 570. The minimum absolute atomic E-state index is 0.0132. The van der Waals surface area contributed by atoms with E-state index in [1.165, 1.54) is 24.3 Å². The average Bonchev–Trinajstić information content (AvgIpc) is 2.32. The van der Waals surface area contributed by atoms with Crippen LogP contribution in [0.1, 0.15) is 18.4 Å². The molecule has 0 aliphatic rings. The van der Waals surface area contributed by atoms with E-state index < -0.39 is 34.0 Å². The van der Waals surface area contributed by atoms with Gasteiger partial charge in [0.15, 0.2) is 0 Å². The largest absolute Gasteiger partial charge is 0.389 e. The zero-order valence-electron chi connectivity index (χ0n) is 10.1. The Kier molecular flexibility index (Phi) is 5.41. The highest BCUT2D eigenvalue weighted by Gasteiger charge is 2.27. The number of carbonyl (C=O) groups excluding carboxylic acids is 1. The van der Waals surface area contributed by atoms with Gasteiger partial charge in [-0.05, 0) is 17.7 Å². The van der Waals surface area contributed by atoms with Gasteiger partial charge in [0.1, 0.15) is 0 Å². The Morgan fingerprint density at radius 3 is 2.20 bits per heavy atom. The lowest BCUT2D eigenvalue weighted by Crippen LogP contribution is -2.24. The molecule has 9 heteroatoms. The predicted molar refractivity (Wildman–Crippen MR) is 66.6 cm³/mol. The molecule has 0 aliphatic carbocycles. The molecule has 1 aromatic carbocycles. The van der Waals surface area contributed by atoms with Crippen LogP contribution in [0.25, 0.3) is 0 Å². The standard InChI is InChI=1S/C11H11ClF3NO3S/c12-20(18,19)9-3-1-8(2-4-9)7-16-10(17)5-6-11(13,14)15/h1-4H,5-7H2,(H,16,17). The first-order chi connectivity index (χ1) is 9.08. The molecule has 1 aromatic rings. The van der Waals surface area contributed by atoms with Crippen molar-refractivity contribution in [3.05, 3.63) is 29.8 Å². The van der Waals surface area contributed by atoms with E-state index in [-0.39, 0.29) is 11.4 Å². The SMILES string of the molecule is O=C(CCC(F)(F)F)NCc1ccc(S(=O)(=O)Cl)cc1. The molecule has 0 heterocycles. The van der Waals surface area contributed by atoms with Gasteiger partial charge >= 0.3 is 6.18 Å². The molecule has 0 atom stereocenters. The Labute approximate surface area is 118 Å². The summed E-state index contributed by atoms with van der Waals surface area (Å²) in [6, 6.07) is 5.33. The van der Waals surface area contributed by atoms with Crippen molar-refractivity contribution in [2.75, 3.05) is 0 Å². The number of halogens is 4. The number of hydrogen-bond acceptors (Lipinski definition) is 3. The molecule has 0 saturated heterocycles. The molecule has 4 nitrogen and oxygen atoms in total. The first kappa shape index (κ1) is 16.8. The normalized spacial score (nSPS) is 12.2. The van der Waals surface area contributed by atoms with Crippen molar-refractivity contribution in [3.63, 3.8) is 0 Å². The van der Waals surface area contributed by atoms with Crippen molar-refractivity contribution in [1.82, 2.24) is 5.32 Å². The van der Waals surface area contributed by atoms with Crippen LogP contribution in [0.5, 0.6) is 0 Å². The fourth-order valence-corrected chi connectivity index (χ4v) is 2.08. The van der Waals surface area contributed by atoms with E-state index in [0.717, 1.165) is 0 Å². The van der Waals surface area contributed by atoms with Gasteiger partial charge in [-0.2, -0.15) is 13.2 Å². The summed E-state index contributed by atoms with van der Waals surface area (Å²) in [4.78, 5) is 11.1. The summed E-state index contributed by atoms with van der Waals surface area (Å²) in [5.41, 5.74) is 0.550. The number of hydrogen-bond donors (Lipinski definition) is 1. The minimum atomic E-state index is -4.37. The zero-order chi connectivity index (χ0) is 15.4. The second-order valence-corrected chi connectivity index (χ2v) is 6.54. The van der Waals surface area contributed by atoms with Crippen molar-refractivity contribution >= 4 is 25.6 Å². The van der Waals surface area contributed by atoms with Gasteiger partial charge in [0.25, 0.3) is 9.05 Å². The van der Waals surface area contributed by atoms with Crippen LogP contribution in [0.3, 0.4) is 0 Å². The number of rotatable bonds is 5. The summed E-state index contributed by atoms with van der Waals surface area (Å²) in [6.07, 6.45) is -6.19. The van der Waals surface area contributed by atoms with E-state index in [1.807, 2.05) is 0 Å². The molecule has 20 heavy (non-hydrogen) atoms. The van der Waals surface area contributed by atoms with E-state index >= 15 is 0 Å². The molecule has 1 N–H and O–H groups in total. The number of benzene rings is 1. The maximum atomic E-state index is 11.9. The van der Waals surface area contributed by atoms with Crippen LogP contribution in [0, 0.1) is 0 Å². The monoisotopic (exact) mass is 329 g/mol. The van der Waals surface area contributed by atoms with Gasteiger partial charge in [0, 0.05) is 23.6 Å². The lowest BCUT2D eigenvalue weighted by Gasteiger charge is -2.07. The topological polar surface area (TPSA) is 63.2 Å². The molecule has 1 amide bonds. The maximum absolute atomic E-state index is 11.9. The molecular formula is C11H11ClF3NO3S. The second-order valence-electron chi connectivity index (χ2n) is 3.97. The summed E-state index contributed by atoms with van der Waals surface area (Å²) in [6.45, 7) is 0.0132. The van der Waals surface area contributed by atoms with Crippen LogP contribution in [0.4, 0.5) is 13.2 Å². The van der Waals surface area contributed by atoms with Crippen LogP contribution in [0.2, 0.25) is 0 Å². The van der Waals surface area contributed by atoms with Crippen molar-refractivity contribution in [1.29, 1.82) is 0 Å². The summed E-state index contributed by atoms with van der Waals surface area (Å²) >= 11 is 0. The number of alkyl halides is 3. The molecule has 0 saturated carbocycles. The van der Waals surface area contributed by atoms with E-state index in [2.05, 4.69) is 5.32 Å². The van der Waals surface area contributed by atoms with E-state index in [1.54, 1.807) is 0 Å². The van der Waals surface area contributed by atoms with Crippen LogP contribution >= 0.6 is 10.7 Å². The number of amides is 1. The highest BCUT2D eigenvalue weighted by atomic mass is 35.7. The molecule has 0 radical (unpaired) electrons. The molecule has 1 rings (SSSR count). The molecule has 0 aliphatic heterocycles. The van der Waals surface area contributed by atoms with Crippen molar-refractivity contribution in [2.45, 2.75) is 30.5 Å². The molecule has 0 bridgehead atoms. The number of nitrogens with one attached hydrogen (secondary N) is 1. The van der Waals surface area contributed by atoms with E-state index in [4.69, 9.17) is 10.7 Å². The molecule has 0 unspecified atom stereocenters. The first-order valence-corrected chi connectivity index (χ1v) is 7.76. The van der Waals surface area contributed by atoms with Gasteiger partial charge < -0.3 is 5.32 Å². The lowest BCUT2D eigenvalue weighted by molar-refractivity contribution is -0.144. The lowest BCUT2D eigenvalue weighted by atomic mass is 10.2. The molecular weight excluding hydrogens is 319 g/mol. The molecule has 112 valence electrons. The third-order valence-electron chi connectivity index (χ3n) is 2.33. The second kappa shape index (κ2) is 6.45. The summed E-state index contributed by atoms with van der Waals surface area (Å²) < 4.78 is 57.6. The molecule has 0 aromatic heterocycles. The summed E-state index contributed by atoms with van der Waals surface area (Å²) in [5, 5.41) is 2.31. The third-order valence-corrected chi connectivity index (χ3v) is 3.70. The predicted octanol–water partition coefficient (Wildman–Crippen LogP) is 2.57. The van der Waals surface area contributed by atoms with Gasteiger partial charge in [-0.1, -0.05) is 12.1 Å². The van der Waals surface area contributed by atoms with Crippen LogP contribution in [-0.2, 0) is 20.4 Å². The molecule has 0 spiro atoms. The quantitative estimate of drug-likeness (QED) is 0.844. The van der Waals surface area contributed by atoms with Crippen molar-refractivity contribution < 1.29 is 26.4 Å². The van der Waals surface area contributed by atoms with Gasteiger partial charge in [-0.3, -0.25) is 4.79 Å². The third kappa shape index (κ3) is 6.25. The minimum Gasteiger partial charge on any atom is -0.352 e. The van der Waals surface area contributed by atoms with Crippen LogP contribution in [0.15, 0.2) is 29.2 Å². The number of carbonyl (C=O) groups is 1. The van der Waals surface area contributed by atoms with Gasteiger partial charge in [0.2, 0.25) is 5.91 Å². The highest BCUT2D eigenvalue weighted by Crippen LogP contribution is 2.21. The zero-order valence-corrected chi connectivity index (χ0v) is 11.6. The summed E-state index contributed by atoms with van der Waals surface area (Å²) in [7, 11) is 1.30. The maximum Gasteiger partial charge on any atom is 0.389 e. The van der Waals surface area contributed by atoms with Crippen molar-refractivity contribution in [2.24, 2.45) is 0 Å². The van der Waals surface area contributed by atoms with Crippen LogP contribution < -0.4 is 5.32 Å². The fraction of sp³-hybridized carbons (Fsp3) is 0.364. The van der Waals surface area contributed by atoms with Crippen molar-refractivity contribution in [3.8, 4) is 0 Å². The Morgan fingerprint density at radius 1 is 1.20 bits per heavy atom. The summed E-state index contributed by atoms with van der Waals surface area (Å²) in [5.74, 6) is -0.726. The van der Waals surface area contributed by atoms with Gasteiger partial charge in [0.05, 0.1) is 11.3 Å². The fourth-order valence-electron chi connectivity index (χ4n) is 1.31. The van der Waals surface area contributed by atoms with Gasteiger partial charge in [-0.25, -0.2) is 8.42 Å². The highest BCUT2D eigenvalue weighted by molar-refractivity contribution is 8.13. The first-order valence-electron chi connectivity index (χ1n) is 5.45. The Morgan fingerprint density at radius 2 is 1.75 bits per heavy atom. The van der Waals surface area contributed by atoms with Crippen LogP contribution in [-0.4, -0.2) is 20.5 Å². The Hall–Kier alpha value is -1.28. The Balaban J connectivity index is 2.48.